The fourth-order valence-corrected chi connectivity index (χ4v) is 2.55. The Morgan fingerprint density at radius 2 is 2.15 bits per heavy atom. The molecule has 1 aromatic heterocycles. The molecule has 1 atom stereocenters. The van der Waals surface area contributed by atoms with Crippen LogP contribution in [-0.4, -0.2) is 28.4 Å². The van der Waals surface area contributed by atoms with Gasteiger partial charge < -0.3 is 22.4 Å². The Labute approximate surface area is 124 Å². The standard InChI is InChI=1S/C14H18N2O3.ClH/c17-13(6-7-14(18)19)16-9-2-1-5-12(16)11-4-3-8-15-10-11;/h3-4,8,10,12H,1-2,5-7,9H2,(H,18,19);1H. The third-order valence-electron chi connectivity index (χ3n) is 3.49. The summed E-state index contributed by atoms with van der Waals surface area (Å²) in [5.41, 5.74) is 1.09. The number of hydrogen-bond acceptors (Lipinski definition) is 2. The number of amides is 1. The summed E-state index contributed by atoms with van der Waals surface area (Å²) in [7, 11) is 0. The molecule has 1 saturated heterocycles. The summed E-state index contributed by atoms with van der Waals surface area (Å²) < 4.78 is 0. The highest BCUT2D eigenvalue weighted by molar-refractivity contribution is 5.81. The molecule has 1 fully saturated rings. The van der Waals surface area contributed by atoms with Crippen molar-refractivity contribution < 1.29 is 32.1 Å². The van der Waals surface area contributed by atoms with Gasteiger partial charge >= 0.3 is 5.97 Å². The number of carbonyl (C=O) groups excluding carboxylic acids is 1. The maximum Gasteiger partial charge on any atom is 0.303 e. The third-order valence-corrected chi connectivity index (χ3v) is 3.49. The predicted molar refractivity (Wildman–Crippen MR) is 68.2 cm³/mol. The van der Waals surface area contributed by atoms with Gasteiger partial charge in [-0.05, 0) is 25.3 Å². The van der Waals surface area contributed by atoms with E-state index in [1.807, 2.05) is 29.4 Å². The van der Waals surface area contributed by atoms with Gasteiger partial charge in [0.2, 0.25) is 5.91 Å². The SMILES string of the molecule is O=C(O)CCC(=O)N1CCCCC1c1ccc[nH+]c1.[Cl-]. The first-order valence-electron chi connectivity index (χ1n) is 6.66. The molecule has 1 aromatic rings. The minimum atomic E-state index is -0.921. The van der Waals surface area contributed by atoms with Gasteiger partial charge in [-0.15, -0.1) is 0 Å². The molecule has 0 radical (unpaired) electrons. The van der Waals surface area contributed by atoms with E-state index in [4.69, 9.17) is 5.11 Å². The number of carboxylic acid groups (broad SMARTS) is 1. The van der Waals surface area contributed by atoms with Crippen molar-refractivity contribution in [3.05, 3.63) is 30.1 Å². The Morgan fingerprint density at radius 1 is 1.35 bits per heavy atom. The molecular formula is C14H19ClN2O3. The van der Waals surface area contributed by atoms with Gasteiger partial charge in [-0.25, -0.2) is 4.98 Å². The largest absolute Gasteiger partial charge is 1.00 e. The average Bonchev–Trinajstić information content (AvgIpc) is 2.45. The summed E-state index contributed by atoms with van der Waals surface area (Å²) >= 11 is 0. The first-order valence-corrected chi connectivity index (χ1v) is 6.66. The van der Waals surface area contributed by atoms with Crippen molar-refractivity contribution in [1.82, 2.24) is 4.90 Å². The number of aliphatic carboxylic acids is 1. The summed E-state index contributed by atoms with van der Waals surface area (Å²) in [5, 5.41) is 8.67. The Hall–Kier alpha value is -1.62. The highest BCUT2D eigenvalue weighted by Crippen LogP contribution is 2.30. The molecule has 0 aliphatic carbocycles. The summed E-state index contributed by atoms with van der Waals surface area (Å²) in [6.45, 7) is 0.720. The monoisotopic (exact) mass is 298 g/mol. The van der Waals surface area contributed by atoms with Crippen LogP contribution in [0.1, 0.15) is 43.7 Å². The first kappa shape index (κ1) is 16.4. The highest BCUT2D eigenvalue weighted by atomic mass is 35.5. The van der Waals surface area contributed by atoms with Crippen LogP contribution in [0.5, 0.6) is 0 Å². The molecule has 0 spiro atoms. The van der Waals surface area contributed by atoms with E-state index < -0.39 is 5.97 Å². The molecule has 0 aromatic carbocycles. The lowest BCUT2D eigenvalue weighted by Gasteiger charge is -2.35. The van der Waals surface area contributed by atoms with Crippen LogP contribution in [0.4, 0.5) is 0 Å². The van der Waals surface area contributed by atoms with Crippen molar-refractivity contribution in [2.45, 2.75) is 38.1 Å². The minimum Gasteiger partial charge on any atom is -1.00 e. The number of nitrogens with zero attached hydrogens (tertiary/aromatic N) is 1. The van der Waals surface area contributed by atoms with E-state index in [0.29, 0.717) is 0 Å². The lowest BCUT2D eigenvalue weighted by atomic mass is 9.96. The maximum atomic E-state index is 12.1. The molecule has 2 N–H and O–H groups in total. The number of piperidine rings is 1. The van der Waals surface area contributed by atoms with Crippen LogP contribution in [0.3, 0.4) is 0 Å². The molecule has 1 unspecified atom stereocenters. The molecule has 1 aliphatic heterocycles. The van der Waals surface area contributed by atoms with E-state index in [2.05, 4.69) is 4.98 Å². The van der Waals surface area contributed by atoms with Crippen molar-refractivity contribution in [1.29, 1.82) is 0 Å². The van der Waals surface area contributed by atoms with Gasteiger partial charge in [-0.3, -0.25) is 9.59 Å². The fraction of sp³-hybridized carbons (Fsp3) is 0.500. The lowest BCUT2D eigenvalue weighted by Crippen LogP contribution is -3.00. The number of likely N-dealkylation sites (tertiary alicyclic amines) is 1. The number of carbonyl (C=O) groups is 2. The van der Waals surface area contributed by atoms with Crippen molar-refractivity contribution >= 4 is 11.9 Å². The van der Waals surface area contributed by atoms with Gasteiger partial charge in [0.1, 0.15) is 0 Å². The maximum absolute atomic E-state index is 12.1. The third kappa shape index (κ3) is 4.20. The number of hydrogen-bond donors (Lipinski definition) is 1. The van der Waals surface area contributed by atoms with E-state index in [-0.39, 0.29) is 37.2 Å². The number of nitrogens with one attached hydrogen (secondary N) is 1. The molecule has 1 aliphatic rings. The van der Waals surface area contributed by atoms with Crippen molar-refractivity contribution in [2.24, 2.45) is 0 Å². The number of H-pyrrole nitrogens is 1. The molecular weight excluding hydrogens is 280 g/mol. The smallest absolute Gasteiger partial charge is 0.303 e. The Morgan fingerprint density at radius 3 is 2.80 bits per heavy atom. The number of halogens is 1. The number of rotatable bonds is 4. The molecule has 1 amide bonds. The molecule has 110 valence electrons. The topological polar surface area (TPSA) is 71.8 Å². The minimum absolute atomic E-state index is 0. The summed E-state index contributed by atoms with van der Waals surface area (Å²) in [6, 6.07) is 4.00. The Kier molecular flexibility index (Phi) is 6.45. The van der Waals surface area contributed by atoms with Crippen LogP contribution >= 0.6 is 0 Å². The van der Waals surface area contributed by atoms with Crippen LogP contribution in [-0.2, 0) is 9.59 Å². The molecule has 20 heavy (non-hydrogen) atoms. The van der Waals surface area contributed by atoms with Gasteiger partial charge in [0.15, 0.2) is 12.4 Å². The molecule has 2 heterocycles. The molecule has 0 bridgehead atoms. The van der Waals surface area contributed by atoms with Crippen molar-refractivity contribution in [3.8, 4) is 0 Å². The quantitative estimate of drug-likeness (QED) is 0.729. The van der Waals surface area contributed by atoms with E-state index in [0.717, 1.165) is 31.4 Å². The number of carboxylic acids is 1. The summed E-state index contributed by atoms with van der Waals surface area (Å²) in [4.78, 5) is 27.6. The van der Waals surface area contributed by atoms with E-state index in [1.54, 1.807) is 0 Å². The van der Waals surface area contributed by atoms with Crippen LogP contribution in [0.25, 0.3) is 0 Å². The van der Waals surface area contributed by atoms with Gasteiger partial charge in [0.25, 0.3) is 0 Å². The lowest BCUT2D eigenvalue weighted by molar-refractivity contribution is -0.379. The van der Waals surface area contributed by atoms with Crippen LogP contribution < -0.4 is 17.4 Å². The first-order chi connectivity index (χ1) is 9.18. The molecule has 0 saturated carbocycles. The summed E-state index contributed by atoms with van der Waals surface area (Å²) in [6.07, 6.45) is 6.77. The van der Waals surface area contributed by atoms with Gasteiger partial charge in [0.05, 0.1) is 12.5 Å². The average molecular weight is 299 g/mol. The van der Waals surface area contributed by atoms with Gasteiger partial charge in [-0.2, -0.15) is 0 Å². The Balaban J connectivity index is 0.00000200. The van der Waals surface area contributed by atoms with Crippen LogP contribution in [0.15, 0.2) is 24.5 Å². The zero-order valence-corrected chi connectivity index (χ0v) is 12.0. The van der Waals surface area contributed by atoms with E-state index >= 15 is 0 Å². The van der Waals surface area contributed by atoms with Crippen molar-refractivity contribution in [3.63, 3.8) is 0 Å². The van der Waals surface area contributed by atoms with Gasteiger partial charge in [-0.1, -0.05) is 0 Å². The molecule has 2 rings (SSSR count). The second-order valence-electron chi connectivity index (χ2n) is 4.83. The van der Waals surface area contributed by atoms with Crippen LogP contribution in [0, 0.1) is 0 Å². The second-order valence-corrected chi connectivity index (χ2v) is 4.83. The summed E-state index contributed by atoms with van der Waals surface area (Å²) in [5.74, 6) is -0.981. The highest BCUT2D eigenvalue weighted by Gasteiger charge is 2.28. The zero-order chi connectivity index (χ0) is 13.7. The number of aromatic nitrogens is 1. The van der Waals surface area contributed by atoms with E-state index in [1.165, 1.54) is 0 Å². The second kappa shape index (κ2) is 7.85. The number of pyridine rings is 1. The Bertz CT molecular complexity index is 453. The normalized spacial score (nSPS) is 18.2. The van der Waals surface area contributed by atoms with Crippen molar-refractivity contribution in [2.75, 3.05) is 6.54 Å². The van der Waals surface area contributed by atoms with Crippen LogP contribution in [0.2, 0.25) is 0 Å². The zero-order valence-electron chi connectivity index (χ0n) is 11.2. The van der Waals surface area contributed by atoms with Gasteiger partial charge in [0, 0.05) is 24.6 Å². The molecule has 5 nitrogen and oxygen atoms in total. The number of aromatic amines is 1. The van der Waals surface area contributed by atoms with E-state index in [9.17, 15) is 9.59 Å². The molecule has 6 heteroatoms. The fourth-order valence-electron chi connectivity index (χ4n) is 2.55. The predicted octanol–water partition coefficient (Wildman–Crippen LogP) is -1.58.